The van der Waals surface area contributed by atoms with Crippen LogP contribution in [0.25, 0.3) is 22.2 Å². The van der Waals surface area contributed by atoms with Crippen molar-refractivity contribution in [2.45, 2.75) is 17.5 Å². The number of carbonyl (C=O) groups is 1. The molecule has 10 heteroatoms. The quantitative estimate of drug-likeness (QED) is 0.426. The molecule has 0 aliphatic heterocycles. The van der Waals surface area contributed by atoms with Gasteiger partial charge in [-0.25, -0.2) is 13.2 Å². The van der Waals surface area contributed by atoms with Crippen molar-refractivity contribution in [3.05, 3.63) is 83.2 Å². The van der Waals surface area contributed by atoms with Crippen LogP contribution in [0.4, 0.5) is 13.2 Å². The van der Waals surface area contributed by atoms with E-state index in [1.807, 2.05) is 0 Å². The first-order valence-electron chi connectivity index (χ1n) is 9.55. The summed E-state index contributed by atoms with van der Waals surface area (Å²) in [5.74, 6) is -1.18. The summed E-state index contributed by atoms with van der Waals surface area (Å²) in [5, 5.41) is 9.49. The predicted molar refractivity (Wildman–Crippen MR) is 114 cm³/mol. The highest BCUT2D eigenvalue weighted by molar-refractivity contribution is 7.91. The van der Waals surface area contributed by atoms with Gasteiger partial charge in [-0.15, -0.1) is 0 Å². The lowest BCUT2D eigenvalue weighted by molar-refractivity contribution is -0.137. The molecule has 2 heterocycles. The first-order chi connectivity index (χ1) is 15.4. The smallest absolute Gasteiger partial charge is 0.416 e. The zero-order chi connectivity index (χ0) is 24.0. The Labute approximate surface area is 186 Å². The molecule has 2 aromatic heterocycles. The van der Waals surface area contributed by atoms with Crippen LogP contribution in [0.15, 0.2) is 70.1 Å². The lowest BCUT2D eigenvalue weighted by atomic mass is 10.1. The molecule has 33 heavy (non-hydrogen) atoms. The second-order valence-corrected chi connectivity index (χ2v) is 9.37. The molecule has 0 unspecified atom stereocenters. The molecule has 0 saturated carbocycles. The largest absolute Gasteiger partial charge is 0.478 e. The van der Waals surface area contributed by atoms with Crippen molar-refractivity contribution >= 4 is 26.8 Å². The number of furan rings is 1. The summed E-state index contributed by atoms with van der Waals surface area (Å²) in [4.78, 5) is 15.4. The average Bonchev–Trinajstić information content (AvgIpc) is 3.11. The fraction of sp³-hybridized carbons (Fsp3) is 0.130. The summed E-state index contributed by atoms with van der Waals surface area (Å²) in [5.41, 5.74) is 0.107. The third-order valence-corrected chi connectivity index (χ3v) is 6.20. The minimum atomic E-state index is -4.54. The molecule has 0 aliphatic rings. The number of fused-ring (bicyclic) bond motifs is 1. The number of rotatable bonds is 5. The van der Waals surface area contributed by atoms with Gasteiger partial charge in [0.25, 0.3) is 0 Å². The van der Waals surface area contributed by atoms with E-state index in [-0.39, 0.29) is 44.9 Å². The minimum absolute atomic E-state index is 0.0175. The van der Waals surface area contributed by atoms with Crippen molar-refractivity contribution in [1.29, 1.82) is 0 Å². The SMILES string of the molecule is CS(=O)(=O)c1c(Cc2cccc(C(F)(F)F)c2)oc2c(-c3cc(C(=O)O)ccn3)cccc12. The Balaban J connectivity index is 1.91. The molecule has 0 saturated heterocycles. The van der Waals surface area contributed by atoms with Gasteiger partial charge in [0.05, 0.1) is 16.8 Å². The maximum Gasteiger partial charge on any atom is 0.416 e. The number of para-hydroxylation sites is 1. The molecule has 0 atom stereocenters. The molecule has 0 bridgehead atoms. The van der Waals surface area contributed by atoms with Crippen LogP contribution in [-0.4, -0.2) is 30.7 Å². The van der Waals surface area contributed by atoms with E-state index in [9.17, 15) is 31.5 Å². The Hall–Kier alpha value is -3.66. The molecule has 0 amide bonds. The van der Waals surface area contributed by atoms with Crippen molar-refractivity contribution in [2.75, 3.05) is 6.26 Å². The molecular formula is C23H16F3NO5S. The second kappa shape index (κ2) is 8.04. The highest BCUT2D eigenvalue weighted by Gasteiger charge is 2.31. The number of aromatic carboxylic acids is 1. The van der Waals surface area contributed by atoms with Gasteiger partial charge in [0.1, 0.15) is 16.2 Å². The molecular weight excluding hydrogens is 459 g/mol. The van der Waals surface area contributed by atoms with Crippen LogP contribution in [0, 0.1) is 0 Å². The van der Waals surface area contributed by atoms with Gasteiger partial charge in [-0.3, -0.25) is 4.98 Å². The molecule has 170 valence electrons. The summed E-state index contributed by atoms with van der Waals surface area (Å²) in [7, 11) is -3.83. The van der Waals surface area contributed by atoms with E-state index in [0.29, 0.717) is 5.56 Å². The van der Waals surface area contributed by atoms with E-state index in [1.54, 1.807) is 12.1 Å². The van der Waals surface area contributed by atoms with Crippen LogP contribution in [0.1, 0.15) is 27.2 Å². The zero-order valence-corrected chi connectivity index (χ0v) is 17.9. The Morgan fingerprint density at radius 2 is 1.82 bits per heavy atom. The zero-order valence-electron chi connectivity index (χ0n) is 17.1. The lowest BCUT2D eigenvalue weighted by Gasteiger charge is -2.08. The van der Waals surface area contributed by atoms with Crippen molar-refractivity contribution in [3.63, 3.8) is 0 Å². The average molecular weight is 475 g/mol. The molecule has 0 spiro atoms. The molecule has 0 radical (unpaired) electrons. The van der Waals surface area contributed by atoms with Crippen molar-refractivity contribution < 1.29 is 35.9 Å². The normalized spacial score (nSPS) is 12.2. The number of aromatic nitrogens is 1. The van der Waals surface area contributed by atoms with Gasteiger partial charge in [0.15, 0.2) is 9.84 Å². The number of hydrogen-bond donors (Lipinski definition) is 1. The number of alkyl halides is 3. The Morgan fingerprint density at radius 1 is 1.09 bits per heavy atom. The first kappa shape index (κ1) is 22.5. The summed E-state index contributed by atoms with van der Waals surface area (Å²) in [6, 6.07) is 11.9. The van der Waals surface area contributed by atoms with E-state index in [1.165, 1.54) is 36.5 Å². The standard InChI is InChI=1S/C23H16F3NO5S/c1-33(30,31)21-17-7-3-6-16(18-12-14(22(28)29)8-9-27-18)20(17)32-19(21)11-13-4-2-5-15(10-13)23(24,25)26/h2-10,12H,11H2,1H3,(H,28,29). The Bertz CT molecular complexity index is 1490. The van der Waals surface area contributed by atoms with Crippen LogP contribution in [0.3, 0.4) is 0 Å². The van der Waals surface area contributed by atoms with E-state index in [4.69, 9.17) is 4.42 Å². The maximum absolute atomic E-state index is 13.1. The summed E-state index contributed by atoms with van der Waals surface area (Å²) in [6.07, 6.45) is -2.44. The number of hydrogen-bond acceptors (Lipinski definition) is 5. The monoisotopic (exact) mass is 475 g/mol. The van der Waals surface area contributed by atoms with Crippen LogP contribution in [-0.2, 0) is 22.4 Å². The fourth-order valence-corrected chi connectivity index (χ4v) is 4.71. The van der Waals surface area contributed by atoms with Gasteiger partial charge < -0.3 is 9.52 Å². The molecule has 4 aromatic rings. The third-order valence-electron chi connectivity index (χ3n) is 5.01. The van der Waals surface area contributed by atoms with Gasteiger partial charge in [0.2, 0.25) is 0 Å². The molecule has 1 N–H and O–H groups in total. The number of pyridine rings is 1. The molecule has 0 aliphatic carbocycles. The molecule has 6 nitrogen and oxygen atoms in total. The predicted octanol–water partition coefficient (Wildman–Crippen LogP) is 5.21. The lowest BCUT2D eigenvalue weighted by Crippen LogP contribution is -2.06. The molecule has 4 rings (SSSR count). The Morgan fingerprint density at radius 3 is 2.48 bits per heavy atom. The number of nitrogens with zero attached hydrogens (tertiary/aromatic N) is 1. The first-order valence-corrected chi connectivity index (χ1v) is 11.4. The highest BCUT2D eigenvalue weighted by Crippen LogP contribution is 2.37. The van der Waals surface area contributed by atoms with Crippen LogP contribution < -0.4 is 0 Å². The van der Waals surface area contributed by atoms with Gasteiger partial charge in [-0.2, -0.15) is 13.2 Å². The number of sulfone groups is 1. The maximum atomic E-state index is 13.1. The van der Waals surface area contributed by atoms with E-state index < -0.39 is 27.5 Å². The van der Waals surface area contributed by atoms with Gasteiger partial charge in [-0.05, 0) is 35.9 Å². The van der Waals surface area contributed by atoms with Gasteiger partial charge in [-0.1, -0.05) is 24.3 Å². The molecule has 0 fully saturated rings. The molecule has 2 aromatic carbocycles. The van der Waals surface area contributed by atoms with E-state index in [2.05, 4.69) is 4.98 Å². The van der Waals surface area contributed by atoms with Gasteiger partial charge >= 0.3 is 12.1 Å². The number of carboxylic acids is 1. The van der Waals surface area contributed by atoms with E-state index >= 15 is 0 Å². The second-order valence-electron chi connectivity index (χ2n) is 7.42. The van der Waals surface area contributed by atoms with Crippen LogP contribution in [0.5, 0.6) is 0 Å². The number of halogens is 3. The Kier molecular flexibility index (Phi) is 5.49. The number of carboxylic acid groups (broad SMARTS) is 1. The van der Waals surface area contributed by atoms with Crippen molar-refractivity contribution in [2.24, 2.45) is 0 Å². The topological polar surface area (TPSA) is 97.5 Å². The van der Waals surface area contributed by atoms with Crippen molar-refractivity contribution in [1.82, 2.24) is 4.98 Å². The van der Waals surface area contributed by atoms with Gasteiger partial charge in [0, 0.05) is 29.8 Å². The third kappa shape index (κ3) is 4.47. The van der Waals surface area contributed by atoms with Crippen LogP contribution >= 0.6 is 0 Å². The minimum Gasteiger partial charge on any atom is -0.478 e. The van der Waals surface area contributed by atoms with Crippen molar-refractivity contribution in [3.8, 4) is 11.3 Å². The number of benzene rings is 2. The highest BCUT2D eigenvalue weighted by atomic mass is 32.2. The fourth-order valence-electron chi connectivity index (χ4n) is 3.62. The summed E-state index contributed by atoms with van der Waals surface area (Å²) in [6.45, 7) is 0. The summed E-state index contributed by atoms with van der Waals surface area (Å²) < 4.78 is 70.4. The van der Waals surface area contributed by atoms with Crippen LogP contribution in [0.2, 0.25) is 0 Å². The summed E-state index contributed by atoms with van der Waals surface area (Å²) >= 11 is 0. The van der Waals surface area contributed by atoms with E-state index in [0.717, 1.165) is 18.4 Å².